The van der Waals surface area contributed by atoms with E-state index in [1.807, 2.05) is 10.4 Å². The van der Waals surface area contributed by atoms with E-state index in [4.69, 9.17) is 0 Å². The number of hydrogen-bond acceptors (Lipinski definition) is 0. The quantitative estimate of drug-likeness (QED) is 0.226. The molecule has 0 amide bonds. The summed E-state index contributed by atoms with van der Waals surface area (Å²) in [5.41, 5.74) is 11.1. The summed E-state index contributed by atoms with van der Waals surface area (Å²) in [5.74, 6) is 0. The van der Waals surface area contributed by atoms with E-state index in [0.29, 0.717) is 0 Å². The van der Waals surface area contributed by atoms with Crippen molar-refractivity contribution in [1.82, 2.24) is 0 Å². The van der Waals surface area contributed by atoms with Crippen molar-refractivity contribution in [2.75, 3.05) is 0 Å². The largest absolute Gasteiger partial charge is 1.00 e. The van der Waals surface area contributed by atoms with Crippen molar-refractivity contribution in [2.45, 2.75) is 137 Å². The topological polar surface area (TPSA) is 0 Å². The maximum Gasteiger partial charge on any atom is -1.00 e. The first-order valence-corrected chi connectivity index (χ1v) is 37.7. The molecule has 58 heavy (non-hydrogen) atoms. The van der Waals surface area contributed by atoms with Crippen molar-refractivity contribution in [2.24, 2.45) is 5.41 Å². The van der Waals surface area contributed by atoms with Crippen molar-refractivity contribution in [3.63, 3.8) is 0 Å². The first-order chi connectivity index (χ1) is 25.6. The van der Waals surface area contributed by atoms with Gasteiger partial charge in [0, 0.05) is 0 Å². The molecule has 6 rings (SSSR count). The predicted molar refractivity (Wildman–Crippen MR) is 258 cm³/mol. The minimum absolute atomic E-state index is 0. The van der Waals surface area contributed by atoms with Crippen LogP contribution in [0.1, 0.15) is 64.7 Å². The molecule has 3 aromatic rings. The maximum absolute atomic E-state index is 2.74. The van der Waals surface area contributed by atoms with E-state index >= 15 is 0 Å². The van der Waals surface area contributed by atoms with Crippen LogP contribution in [0.5, 0.6) is 0 Å². The van der Waals surface area contributed by atoms with Crippen LogP contribution in [0, 0.1) is 5.41 Å². The summed E-state index contributed by atoms with van der Waals surface area (Å²) in [6, 6.07) is 28.4. The molecular weight excluding hydrogens is 887 g/mol. The Balaban J connectivity index is 0.00000372. The molecule has 0 N–H and O–H groups in total. The summed E-state index contributed by atoms with van der Waals surface area (Å²) in [6.45, 7) is 47.6. The molecule has 0 nitrogen and oxygen atoms in total. The molecule has 0 radical (unpaired) electrons. The Bertz CT molecular complexity index is 2300. The Hall–Kier alpha value is -1.44. The molecule has 1 atom stereocenters. The van der Waals surface area contributed by atoms with E-state index in [2.05, 4.69) is 211 Å². The number of allylic oxidation sites excluding steroid dienone is 8. The Morgan fingerprint density at radius 1 is 0.638 bits per heavy atom. The number of fused-ring (bicyclic) bond motifs is 2. The summed E-state index contributed by atoms with van der Waals surface area (Å²) in [5, 5.41) is 8.69. The molecule has 3 aliphatic carbocycles. The van der Waals surface area contributed by atoms with Crippen molar-refractivity contribution in [3.8, 4) is 0 Å². The van der Waals surface area contributed by atoms with Gasteiger partial charge < -0.3 is 24.8 Å². The van der Waals surface area contributed by atoms with E-state index in [9.17, 15) is 0 Å². The summed E-state index contributed by atoms with van der Waals surface area (Å²) in [4.78, 5) is 0. The molecule has 3 aliphatic rings. The van der Waals surface area contributed by atoms with E-state index in [1.54, 1.807) is 44.4 Å². The molecule has 0 fully saturated rings. The van der Waals surface area contributed by atoms with Crippen molar-refractivity contribution >= 4 is 49.5 Å². The van der Waals surface area contributed by atoms with Gasteiger partial charge in [-0.05, 0) is 0 Å². The van der Waals surface area contributed by atoms with Gasteiger partial charge >= 0.3 is 360 Å². The van der Waals surface area contributed by atoms with Gasteiger partial charge in [0.05, 0.1) is 0 Å². The fourth-order valence-corrected chi connectivity index (χ4v) is 29.5. The second-order valence-corrected chi connectivity index (χ2v) is 46.4. The van der Waals surface area contributed by atoms with E-state index in [-0.39, 0.29) is 40.7 Å². The molecular formula is C51H71Cl2Si4Zr. The third-order valence-electron chi connectivity index (χ3n) is 12.5. The second-order valence-electron chi connectivity index (χ2n) is 23.0. The van der Waals surface area contributed by atoms with Crippen LogP contribution in [0.2, 0.25) is 83.6 Å². The SMILES string of the molecule is CC(C)(C)c1cc([Si](C)(C)C)c2c(c1)=[C]([Zr+2]=[C](c1ccccc1)c1ccccc1)C1=C(C3=CC=CC3)C(C(C)(C)C)([Si](C)(C)C)C([Si](C)(C)C)=C([Si](C)(C)C)C=21.[Cl-].[Cl-]. The van der Waals surface area contributed by atoms with Gasteiger partial charge in [0.15, 0.2) is 0 Å². The Labute approximate surface area is 381 Å². The molecule has 309 valence electrons. The first-order valence-electron chi connectivity index (χ1n) is 21.2. The predicted octanol–water partition coefficient (Wildman–Crippen LogP) is 6.53. The average Bonchev–Trinajstić information content (AvgIpc) is 3.70. The van der Waals surface area contributed by atoms with Crippen LogP contribution in [0.15, 0.2) is 118 Å². The van der Waals surface area contributed by atoms with Crippen LogP contribution in [-0.2, 0) is 28.2 Å². The van der Waals surface area contributed by atoms with Gasteiger partial charge in [0.1, 0.15) is 0 Å². The van der Waals surface area contributed by atoms with Gasteiger partial charge in [-0.2, -0.15) is 0 Å². The Morgan fingerprint density at radius 3 is 1.53 bits per heavy atom. The van der Waals surface area contributed by atoms with Crippen LogP contribution in [0.25, 0.3) is 8.85 Å². The van der Waals surface area contributed by atoms with E-state index in [1.165, 1.54) is 16.7 Å². The summed E-state index contributed by atoms with van der Waals surface area (Å²) in [7, 11) is -7.85. The standard InChI is InChI=1S/C38H61Si4.C13H10.2ClH.Zr/c1-36(2,3)28-23-27-24-29-32(31(27)30(25-28)39(7,8)9)34(40(10,11)12)35(41(13,14)15)38(37(4,5)6,42(16,17)18)33(29)26-21-19-20-22-26;1-3-7-12(8-4-1)11-13-9-5-2-6-10-13;;;/h19-21,23,25H,22H2,1-18H3;1-10H;2*1H;/q;;;;+2/p-2. The van der Waals surface area contributed by atoms with Crippen LogP contribution >= 0.6 is 0 Å². The minimum atomic E-state index is -2.05. The third-order valence-corrected chi connectivity index (χ3v) is 26.6. The summed E-state index contributed by atoms with van der Waals surface area (Å²) in [6.07, 6.45) is 8.41. The fourth-order valence-electron chi connectivity index (χ4n) is 10.8. The zero-order valence-corrected chi connectivity index (χ0v) is 47.1. The fraction of sp³-hybridized carbons (Fsp3) is 0.431. The molecule has 7 heteroatoms. The molecule has 0 aromatic heterocycles. The van der Waals surface area contributed by atoms with Crippen LogP contribution in [-0.4, -0.2) is 35.5 Å². The maximum atomic E-state index is 2.74. The average molecular weight is 959 g/mol. The van der Waals surface area contributed by atoms with Crippen LogP contribution in [0.4, 0.5) is 0 Å². The minimum Gasteiger partial charge on any atom is -1.00 e. The number of hydrogen-bond donors (Lipinski definition) is 0. The third kappa shape index (κ3) is 8.52. The molecule has 0 bridgehead atoms. The second kappa shape index (κ2) is 16.7. The first kappa shape index (κ1) is 49.2. The molecule has 0 heterocycles. The van der Waals surface area contributed by atoms with Gasteiger partial charge in [-0.3, -0.25) is 0 Å². The van der Waals surface area contributed by atoms with Crippen molar-refractivity contribution in [3.05, 3.63) is 145 Å². The zero-order chi connectivity index (χ0) is 41.6. The number of rotatable bonds is 8. The number of benzene rings is 3. The van der Waals surface area contributed by atoms with Gasteiger partial charge in [0.25, 0.3) is 0 Å². The molecule has 0 spiro atoms. The van der Waals surface area contributed by atoms with Gasteiger partial charge in [0.2, 0.25) is 0 Å². The molecule has 0 saturated heterocycles. The summed E-state index contributed by atoms with van der Waals surface area (Å²) < 4.78 is 3.34. The normalized spacial score (nSPS) is 18.7. The van der Waals surface area contributed by atoms with Crippen LogP contribution in [0.3, 0.4) is 0 Å². The van der Waals surface area contributed by atoms with Gasteiger partial charge in [-0.1, -0.05) is 0 Å². The van der Waals surface area contributed by atoms with Crippen LogP contribution < -0.4 is 40.4 Å². The smallest absolute Gasteiger partial charge is 1.00 e. The molecule has 0 aliphatic heterocycles. The Morgan fingerprint density at radius 2 is 1.16 bits per heavy atom. The van der Waals surface area contributed by atoms with Gasteiger partial charge in [-0.15, -0.1) is 0 Å². The van der Waals surface area contributed by atoms with Gasteiger partial charge in [-0.25, -0.2) is 0 Å². The monoisotopic (exact) mass is 955 g/mol. The van der Waals surface area contributed by atoms with Crippen molar-refractivity contribution < 1.29 is 47.6 Å². The molecule has 1 unspecified atom stereocenters. The van der Waals surface area contributed by atoms with E-state index in [0.717, 1.165) is 6.42 Å². The van der Waals surface area contributed by atoms with E-state index < -0.39 is 55.0 Å². The summed E-state index contributed by atoms with van der Waals surface area (Å²) >= 11 is -1.50. The number of halogens is 2. The van der Waals surface area contributed by atoms with Crippen molar-refractivity contribution in [1.29, 1.82) is 0 Å². The Kier molecular flexibility index (Phi) is 14.2. The zero-order valence-electron chi connectivity index (χ0n) is 39.1. The molecule has 3 aromatic carbocycles. The molecule has 0 saturated carbocycles.